The lowest BCUT2D eigenvalue weighted by molar-refractivity contribution is -0.128. The van der Waals surface area contributed by atoms with Gasteiger partial charge in [0, 0.05) is 20.2 Å². The largest absolute Gasteiger partial charge is 0.378 e. The van der Waals surface area contributed by atoms with Crippen LogP contribution in [-0.4, -0.2) is 49.7 Å². The molecule has 4 heteroatoms. The number of hydrogen-bond donors (Lipinski definition) is 1. The molecule has 15 heavy (non-hydrogen) atoms. The van der Waals surface area contributed by atoms with Crippen LogP contribution in [0.5, 0.6) is 0 Å². The molecule has 0 saturated carbocycles. The molecule has 2 atom stereocenters. The number of amides is 1. The van der Waals surface area contributed by atoms with Crippen LogP contribution in [0, 0.1) is 0 Å². The molecule has 0 spiro atoms. The van der Waals surface area contributed by atoms with Crippen LogP contribution in [0.2, 0.25) is 0 Å². The first-order valence-electron chi connectivity index (χ1n) is 5.87. The van der Waals surface area contributed by atoms with Crippen molar-refractivity contribution in [2.24, 2.45) is 0 Å². The minimum Gasteiger partial charge on any atom is -0.378 e. The highest BCUT2D eigenvalue weighted by Crippen LogP contribution is 2.15. The topological polar surface area (TPSA) is 41.6 Å². The molecule has 0 aliphatic carbocycles. The number of carbonyl (C=O) groups is 1. The molecule has 2 rings (SSSR count). The van der Waals surface area contributed by atoms with Gasteiger partial charge in [-0.05, 0) is 32.2 Å². The van der Waals surface area contributed by atoms with Gasteiger partial charge in [-0.2, -0.15) is 0 Å². The Balaban J connectivity index is 1.63. The van der Waals surface area contributed by atoms with E-state index in [-0.39, 0.29) is 11.9 Å². The maximum atomic E-state index is 11.6. The third kappa shape index (κ3) is 2.69. The summed E-state index contributed by atoms with van der Waals surface area (Å²) in [7, 11) is 1.87. The summed E-state index contributed by atoms with van der Waals surface area (Å²) in [5, 5.41) is 3.32. The Hall–Kier alpha value is -0.610. The molecule has 4 nitrogen and oxygen atoms in total. The standard InChI is InChI=1S/C11H20N2O2/c1-13-7-5-10(11(13)14)12-6-4-9-3-2-8-15-9/h9-10,12H,2-8H2,1H3. The van der Waals surface area contributed by atoms with Crippen LogP contribution in [0.3, 0.4) is 0 Å². The fraction of sp³-hybridized carbons (Fsp3) is 0.909. The third-order valence-corrected chi connectivity index (χ3v) is 3.31. The van der Waals surface area contributed by atoms with Crippen molar-refractivity contribution in [1.82, 2.24) is 10.2 Å². The number of ether oxygens (including phenoxy) is 1. The Labute approximate surface area is 91.0 Å². The smallest absolute Gasteiger partial charge is 0.239 e. The number of likely N-dealkylation sites (tertiary alicyclic amines) is 1. The van der Waals surface area contributed by atoms with Crippen LogP contribution in [0.4, 0.5) is 0 Å². The van der Waals surface area contributed by atoms with Crippen LogP contribution in [0.1, 0.15) is 25.7 Å². The van der Waals surface area contributed by atoms with E-state index in [0.29, 0.717) is 6.10 Å². The summed E-state index contributed by atoms with van der Waals surface area (Å²) < 4.78 is 5.53. The second-order valence-electron chi connectivity index (χ2n) is 4.48. The summed E-state index contributed by atoms with van der Waals surface area (Å²) >= 11 is 0. The van der Waals surface area contributed by atoms with E-state index in [1.54, 1.807) is 4.90 Å². The zero-order valence-corrected chi connectivity index (χ0v) is 9.37. The first-order valence-corrected chi connectivity index (χ1v) is 5.87. The highest BCUT2D eigenvalue weighted by molar-refractivity contribution is 5.83. The fourth-order valence-electron chi connectivity index (χ4n) is 2.30. The summed E-state index contributed by atoms with van der Waals surface area (Å²) in [6.45, 7) is 2.70. The summed E-state index contributed by atoms with van der Waals surface area (Å²) in [6.07, 6.45) is 4.77. The molecule has 0 radical (unpaired) electrons. The van der Waals surface area contributed by atoms with Crippen molar-refractivity contribution < 1.29 is 9.53 Å². The lowest BCUT2D eigenvalue weighted by Gasteiger charge is -2.14. The number of rotatable bonds is 4. The van der Waals surface area contributed by atoms with E-state index in [4.69, 9.17) is 4.74 Å². The van der Waals surface area contributed by atoms with Crippen molar-refractivity contribution in [2.45, 2.75) is 37.8 Å². The van der Waals surface area contributed by atoms with Gasteiger partial charge < -0.3 is 15.0 Å². The van der Waals surface area contributed by atoms with E-state index in [1.165, 1.54) is 12.8 Å². The van der Waals surface area contributed by atoms with Crippen molar-refractivity contribution in [1.29, 1.82) is 0 Å². The van der Waals surface area contributed by atoms with Crippen molar-refractivity contribution in [2.75, 3.05) is 26.7 Å². The molecule has 2 heterocycles. The number of nitrogens with one attached hydrogen (secondary N) is 1. The predicted octanol–water partition coefficient (Wildman–Crippen LogP) is 0.376. The number of likely N-dealkylation sites (N-methyl/N-ethyl adjacent to an activating group) is 1. The molecule has 1 amide bonds. The van der Waals surface area contributed by atoms with E-state index in [2.05, 4.69) is 5.32 Å². The minimum atomic E-state index is 0.0522. The Bertz CT molecular complexity index is 227. The first kappa shape index (κ1) is 10.9. The van der Waals surface area contributed by atoms with E-state index in [9.17, 15) is 4.79 Å². The Kier molecular flexibility index (Phi) is 3.59. The third-order valence-electron chi connectivity index (χ3n) is 3.31. The molecule has 2 fully saturated rings. The molecule has 2 aliphatic rings. The van der Waals surface area contributed by atoms with E-state index in [0.717, 1.165) is 32.5 Å². The molecular weight excluding hydrogens is 192 g/mol. The Morgan fingerprint density at radius 3 is 3.00 bits per heavy atom. The predicted molar refractivity (Wildman–Crippen MR) is 57.6 cm³/mol. The molecule has 2 saturated heterocycles. The van der Waals surface area contributed by atoms with Crippen LogP contribution in [-0.2, 0) is 9.53 Å². The quantitative estimate of drug-likeness (QED) is 0.732. The average Bonchev–Trinajstić information content (AvgIpc) is 2.83. The molecule has 2 unspecified atom stereocenters. The summed E-state index contributed by atoms with van der Waals surface area (Å²) in [5.41, 5.74) is 0. The van der Waals surface area contributed by atoms with Gasteiger partial charge in [-0.15, -0.1) is 0 Å². The van der Waals surface area contributed by atoms with Gasteiger partial charge in [-0.3, -0.25) is 4.79 Å². The molecule has 1 N–H and O–H groups in total. The molecular formula is C11H20N2O2. The van der Waals surface area contributed by atoms with Gasteiger partial charge in [0.25, 0.3) is 0 Å². The van der Waals surface area contributed by atoms with Crippen LogP contribution < -0.4 is 5.32 Å². The van der Waals surface area contributed by atoms with E-state index >= 15 is 0 Å². The van der Waals surface area contributed by atoms with Crippen molar-refractivity contribution in [3.05, 3.63) is 0 Å². The highest BCUT2D eigenvalue weighted by Gasteiger charge is 2.28. The van der Waals surface area contributed by atoms with Crippen molar-refractivity contribution in [3.8, 4) is 0 Å². The van der Waals surface area contributed by atoms with Crippen molar-refractivity contribution in [3.63, 3.8) is 0 Å². The average molecular weight is 212 g/mol. The molecule has 2 aliphatic heterocycles. The highest BCUT2D eigenvalue weighted by atomic mass is 16.5. The summed E-state index contributed by atoms with van der Waals surface area (Å²) in [4.78, 5) is 13.4. The SMILES string of the molecule is CN1CCC(NCCC2CCCO2)C1=O. The van der Waals surface area contributed by atoms with Crippen LogP contribution >= 0.6 is 0 Å². The molecule has 0 aromatic heterocycles. The maximum absolute atomic E-state index is 11.6. The molecule has 0 aromatic rings. The van der Waals surface area contributed by atoms with Gasteiger partial charge in [0.05, 0.1) is 12.1 Å². The lowest BCUT2D eigenvalue weighted by Crippen LogP contribution is -2.38. The summed E-state index contributed by atoms with van der Waals surface area (Å²) in [5.74, 6) is 0.238. The molecule has 86 valence electrons. The summed E-state index contributed by atoms with van der Waals surface area (Å²) in [6, 6.07) is 0.0522. The van der Waals surface area contributed by atoms with Gasteiger partial charge >= 0.3 is 0 Å². The number of carbonyl (C=O) groups excluding carboxylic acids is 1. The van der Waals surface area contributed by atoms with Crippen molar-refractivity contribution >= 4 is 5.91 Å². The van der Waals surface area contributed by atoms with Crippen LogP contribution in [0.15, 0.2) is 0 Å². The van der Waals surface area contributed by atoms with Crippen LogP contribution in [0.25, 0.3) is 0 Å². The zero-order valence-electron chi connectivity index (χ0n) is 9.37. The fourth-order valence-corrected chi connectivity index (χ4v) is 2.30. The Morgan fingerprint density at radius 1 is 1.53 bits per heavy atom. The lowest BCUT2D eigenvalue weighted by atomic mass is 10.1. The van der Waals surface area contributed by atoms with Gasteiger partial charge in [0.2, 0.25) is 5.91 Å². The molecule has 0 bridgehead atoms. The van der Waals surface area contributed by atoms with Gasteiger partial charge in [0.1, 0.15) is 0 Å². The van der Waals surface area contributed by atoms with E-state index in [1.807, 2.05) is 7.05 Å². The minimum absolute atomic E-state index is 0.0522. The zero-order chi connectivity index (χ0) is 10.7. The second kappa shape index (κ2) is 4.94. The van der Waals surface area contributed by atoms with E-state index < -0.39 is 0 Å². The first-order chi connectivity index (χ1) is 7.27. The monoisotopic (exact) mass is 212 g/mol. The molecule has 0 aromatic carbocycles. The normalized spacial score (nSPS) is 31.5. The van der Waals surface area contributed by atoms with Gasteiger partial charge in [-0.25, -0.2) is 0 Å². The Morgan fingerprint density at radius 2 is 2.40 bits per heavy atom. The number of nitrogens with zero attached hydrogens (tertiary/aromatic N) is 1. The maximum Gasteiger partial charge on any atom is 0.239 e. The second-order valence-corrected chi connectivity index (χ2v) is 4.48. The number of hydrogen-bond acceptors (Lipinski definition) is 3. The van der Waals surface area contributed by atoms with Gasteiger partial charge in [-0.1, -0.05) is 0 Å². The van der Waals surface area contributed by atoms with Gasteiger partial charge in [0.15, 0.2) is 0 Å².